The van der Waals surface area contributed by atoms with E-state index in [1.165, 1.54) is 5.57 Å². The summed E-state index contributed by atoms with van der Waals surface area (Å²) < 4.78 is 5.59. The van der Waals surface area contributed by atoms with Gasteiger partial charge in [0.25, 0.3) is 0 Å². The molecule has 0 aliphatic rings. The minimum Gasteiger partial charge on any atom is -0.497 e. The van der Waals surface area contributed by atoms with Crippen molar-refractivity contribution in [3.63, 3.8) is 0 Å². The Bertz CT molecular complexity index is 1000. The molecular formula is C32H51N5O. The number of methoxy groups -OCH3 is 1. The summed E-state index contributed by atoms with van der Waals surface area (Å²) in [5, 5.41) is 3.37. The van der Waals surface area contributed by atoms with E-state index in [4.69, 9.17) is 4.74 Å². The molecule has 3 N–H and O–H groups in total. The Morgan fingerprint density at radius 2 is 1.66 bits per heavy atom. The highest BCUT2D eigenvalue weighted by Gasteiger charge is 2.09. The molecule has 6 nitrogen and oxygen atoms in total. The first-order chi connectivity index (χ1) is 18.3. The van der Waals surface area contributed by atoms with Crippen LogP contribution in [0.1, 0.15) is 74.1 Å². The highest BCUT2D eigenvalue weighted by atomic mass is 16.5. The Balaban J connectivity index is 5.76. The van der Waals surface area contributed by atoms with Gasteiger partial charge < -0.3 is 15.5 Å². The lowest BCUT2D eigenvalue weighted by Gasteiger charge is -2.18. The Hall–Kier alpha value is -3.38. The second kappa shape index (κ2) is 21.7. The fraction of sp³-hybridized carbons (Fsp3) is 0.438. The summed E-state index contributed by atoms with van der Waals surface area (Å²) in [5.41, 5.74) is 13.1. The molecule has 0 aromatic carbocycles. The van der Waals surface area contributed by atoms with Crippen LogP contribution >= 0.6 is 0 Å². The van der Waals surface area contributed by atoms with Gasteiger partial charge in [0, 0.05) is 32.2 Å². The number of rotatable bonds is 18. The molecule has 0 aliphatic heterocycles. The molecule has 0 heterocycles. The molecule has 0 amide bonds. The lowest BCUT2D eigenvalue weighted by molar-refractivity contribution is 0.300. The van der Waals surface area contributed by atoms with Gasteiger partial charge in [0.1, 0.15) is 11.6 Å². The molecule has 0 fully saturated rings. The molecule has 0 bridgehead atoms. The molecule has 0 saturated heterocycles. The van der Waals surface area contributed by atoms with Crippen LogP contribution in [0.25, 0.3) is 0 Å². The molecule has 0 aromatic heterocycles. The molecule has 0 aromatic rings. The molecular weight excluding hydrogens is 470 g/mol. The third-order valence-electron chi connectivity index (χ3n) is 5.54. The summed E-state index contributed by atoms with van der Waals surface area (Å²) in [6, 6.07) is 0. The average molecular weight is 522 g/mol. The molecule has 6 heteroatoms. The molecule has 0 radical (unpaired) electrons. The average Bonchev–Trinajstić information content (AvgIpc) is 2.89. The molecule has 38 heavy (non-hydrogen) atoms. The van der Waals surface area contributed by atoms with Gasteiger partial charge in [0.15, 0.2) is 0 Å². The molecule has 0 rings (SSSR count). The summed E-state index contributed by atoms with van der Waals surface area (Å²) in [6.07, 6.45) is 21.6. The number of allylic oxidation sites excluding steroid dienone is 10. The number of ether oxygens (including phenoxy) is 1. The number of nitrogens with one attached hydrogen (secondary N) is 3. The van der Waals surface area contributed by atoms with Gasteiger partial charge in [-0.15, -0.1) is 0 Å². The zero-order valence-corrected chi connectivity index (χ0v) is 25.2. The minimum atomic E-state index is 0.610. The maximum absolute atomic E-state index is 5.59. The zero-order valence-electron chi connectivity index (χ0n) is 25.2. The van der Waals surface area contributed by atoms with Gasteiger partial charge in [-0.1, -0.05) is 58.1 Å². The van der Waals surface area contributed by atoms with Crippen LogP contribution in [0.15, 0.2) is 104 Å². The van der Waals surface area contributed by atoms with Crippen molar-refractivity contribution in [2.75, 3.05) is 20.7 Å². The standard InChI is InChI=1S/C32H51N5O/c1-11-15-26(6)31(38-10)19-18-27(7)32(37-33-9)30(17-13-3)24-36-28(8)35-22-20-25(5)29(16-12-2)23-34-21-14-4/h14-16,18-23,33,36-37H,8,11-13,17,24H2,1-7,9-10H3/b21-14-,25-20+,26-15+,27-18+,29-16?,31-19+,32-30+,34-23-,35-22-. The molecule has 0 spiro atoms. The van der Waals surface area contributed by atoms with Crippen LogP contribution in [0, 0.1) is 0 Å². The van der Waals surface area contributed by atoms with Crippen molar-refractivity contribution in [1.29, 1.82) is 0 Å². The first-order valence-corrected chi connectivity index (χ1v) is 13.5. The van der Waals surface area contributed by atoms with Gasteiger partial charge in [-0.05, 0) is 87.0 Å². The third kappa shape index (κ3) is 14.4. The van der Waals surface area contributed by atoms with Gasteiger partial charge in [-0.3, -0.25) is 4.99 Å². The van der Waals surface area contributed by atoms with Crippen LogP contribution in [0.5, 0.6) is 0 Å². The van der Waals surface area contributed by atoms with Crippen molar-refractivity contribution in [3.8, 4) is 0 Å². The lowest BCUT2D eigenvalue weighted by Crippen LogP contribution is -2.30. The first-order valence-electron chi connectivity index (χ1n) is 13.5. The number of aliphatic imine (C=N–C) groups is 2. The van der Waals surface area contributed by atoms with E-state index in [2.05, 4.69) is 92.5 Å². The Kier molecular flexibility index (Phi) is 19.8. The number of nitrogens with zero attached hydrogens (tertiary/aromatic N) is 2. The highest BCUT2D eigenvalue weighted by Crippen LogP contribution is 2.18. The first kappa shape index (κ1) is 34.6. The van der Waals surface area contributed by atoms with Gasteiger partial charge in [0.05, 0.1) is 12.8 Å². The van der Waals surface area contributed by atoms with Crippen LogP contribution in [0.3, 0.4) is 0 Å². The van der Waals surface area contributed by atoms with E-state index in [9.17, 15) is 0 Å². The van der Waals surface area contributed by atoms with Gasteiger partial charge in [-0.25, -0.2) is 10.4 Å². The second-order valence-electron chi connectivity index (χ2n) is 8.74. The normalized spacial score (nSPS) is 15.0. The van der Waals surface area contributed by atoms with Crippen molar-refractivity contribution >= 4 is 12.4 Å². The van der Waals surface area contributed by atoms with Crippen LogP contribution in [0.2, 0.25) is 0 Å². The molecule has 0 aliphatic carbocycles. The summed E-state index contributed by atoms with van der Waals surface area (Å²) in [4.78, 5) is 8.80. The monoisotopic (exact) mass is 521 g/mol. The fourth-order valence-corrected chi connectivity index (χ4v) is 3.58. The van der Waals surface area contributed by atoms with Crippen LogP contribution in [0.4, 0.5) is 0 Å². The topological polar surface area (TPSA) is 70.0 Å². The van der Waals surface area contributed by atoms with Crippen LogP contribution < -0.4 is 16.2 Å². The van der Waals surface area contributed by atoms with E-state index in [0.717, 1.165) is 59.4 Å². The fourth-order valence-electron chi connectivity index (χ4n) is 3.58. The lowest BCUT2D eigenvalue weighted by atomic mass is 10.0. The van der Waals surface area contributed by atoms with Gasteiger partial charge >= 0.3 is 0 Å². The maximum Gasteiger partial charge on any atom is 0.121 e. The zero-order chi connectivity index (χ0) is 28.8. The Morgan fingerprint density at radius 1 is 0.947 bits per heavy atom. The predicted octanol–water partition coefficient (Wildman–Crippen LogP) is 7.62. The summed E-state index contributed by atoms with van der Waals surface area (Å²) >= 11 is 0. The van der Waals surface area contributed by atoms with E-state index < -0.39 is 0 Å². The van der Waals surface area contributed by atoms with Crippen molar-refractivity contribution in [2.24, 2.45) is 9.98 Å². The van der Waals surface area contributed by atoms with E-state index >= 15 is 0 Å². The number of hydrazine groups is 1. The number of hydrogen-bond acceptors (Lipinski definition) is 6. The maximum atomic E-state index is 5.59. The van der Waals surface area contributed by atoms with Crippen LogP contribution in [-0.2, 0) is 4.74 Å². The van der Waals surface area contributed by atoms with Gasteiger partial charge in [0.2, 0.25) is 0 Å². The summed E-state index contributed by atoms with van der Waals surface area (Å²) in [7, 11) is 3.58. The van der Waals surface area contributed by atoms with E-state index in [1.807, 2.05) is 38.4 Å². The summed E-state index contributed by atoms with van der Waals surface area (Å²) in [6.45, 7) is 19.3. The SMILES string of the molecule is C=C(/N=C\C=C(/C)C(=CCC)/C=N\C=C/C)NC\C(CCC)=C(NNC)/C(C)=C/C=C(OC)\C(C)=C\CC. The largest absolute Gasteiger partial charge is 0.497 e. The number of hydrogen-bond donors (Lipinski definition) is 3. The van der Waals surface area contributed by atoms with E-state index in [1.54, 1.807) is 19.5 Å². The predicted molar refractivity (Wildman–Crippen MR) is 168 cm³/mol. The molecule has 0 saturated carbocycles. The van der Waals surface area contributed by atoms with E-state index in [-0.39, 0.29) is 0 Å². The Morgan fingerprint density at radius 3 is 2.24 bits per heavy atom. The highest BCUT2D eigenvalue weighted by molar-refractivity contribution is 5.87. The van der Waals surface area contributed by atoms with Crippen LogP contribution in [-0.4, -0.2) is 33.1 Å². The van der Waals surface area contributed by atoms with Crippen molar-refractivity contribution in [2.45, 2.75) is 74.1 Å². The van der Waals surface area contributed by atoms with Gasteiger partial charge in [-0.2, -0.15) is 0 Å². The summed E-state index contributed by atoms with van der Waals surface area (Å²) in [5.74, 6) is 1.47. The van der Waals surface area contributed by atoms with E-state index in [0.29, 0.717) is 12.4 Å². The van der Waals surface area contributed by atoms with Crippen molar-refractivity contribution < 1.29 is 4.74 Å². The minimum absolute atomic E-state index is 0.610. The molecule has 0 unspecified atom stereocenters. The smallest absolute Gasteiger partial charge is 0.121 e. The molecule has 0 atom stereocenters. The Labute approximate surface area is 232 Å². The third-order valence-corrected chi connectivity index (χ3v) is 5.54. The quantitative estimate of drug-likeness (QED) is 0.0751. The molecule has 210 valence electrons. The second-order valence-corrected chi connectivity index (χ2v) is 8.74. The van der Waals surface area contributed by atoms with Crippen molar-refractivity contribution in [1.82, 2.24) is 16.2 Å². The van der Waals surface area contributed by atoms with Crippen molar-refractivity contribution in [3.05, 3.63) is 94.4 Å².